The monoisotopic (exact) mass is 309 g/mol. The maximum atomic E-state index is 6.27. The molecule has 0 spiro atoms. The highest BCUT2D eigenvalue weighted by Gasteiger charge is 2.23. The summed E-state index contributed by atoms with van der Waals surface area (Å²) >= 11 is 6.27. The standard InChI is InChI=1S/C17H28ClN3/c1-12(2)19-10-14-9-17(20-11-16(14)18)21(4)15-7-5-6-13(3)8-15/h9,11-13,15,19H,5-8,10H2,1-4H3. The van der Waals surface area contributed by atoms with Crippen LogP contribution in [0.25, 0.3) is 0 Å². The lowest BCUT2D eigenvalue weighted by molar-refractivity contribution is 0.335. The molecular formula is C17H28ClN3. The van der Waals surface area contributed by atoms with Crippen LogP contribution >= 0.6 is 11.6 Å². The van der Waals surface area contributed by atoms with Crippen LogP contribution in [0.3, 0.4) is 0 Å². The zero-order chi connectivity index (χ0) is 15.4. The Kier molecular flexibility index (Phi) is 5.88. The molecule has 1 aromatic rings. The van der Waals surface area contributed by atoms with Crippen molar-refractivity contribution in [1.82, 2.24) is 10.3 Å². The second kappa shape index (κ2) is 7.46. The molecule has 2 rings (SSSR count). The highest BCUT2D eigenvalue weighted by molar-refractivity contribution is 6.31. The predicted octanol–water partition coefficient (Wildman–Crippen LogP) is 4.25. The van der Waals surface area contributed by atoms with E-state index in [2.05, 4.69) is 49.1 Å². The Morgan fingerprint density at radius 2 is 2.19 bits per heavy atom. The molecule has 1 fully saturated rings. The molecule has 1 aliphatic carbocycles. The molecular weight excluding hydrogens is 282 g/mol. The molecule has 0 saturated heterocycles. The third kappa shape index (κ3) is 4.58. The first-order valence-corrected chi connectivity index (χ1v) is 8.45. The highest BCUT2D eigenvalue weighted by atomic mass is 35.5. The van der Waals surface area contributed by atoms with Crippen LogP contribution in [-0.2, 0) is 6.54 Å². The first kappa shape index (κ1) is 16.6. The minimum Gasteiger partial charge on any atom is -0.357 e. The Hall–Kier alpha value is -0.800. The number of nitrogens with one attached hydrogen (secondary N) is 1. The van der Waals surface area contributed by atoms with Crippen molar-refractivity contribution in [3.63, 3.8) is 0 Å². The van der Waals surface area contributed by atoms with Gasteiger partial charge in [-0.15, -0.1) is 0 Å². The van der Waals surface area contributed by atoms with Gasteiger partial charge in [0.2, 0.25) is 0 Å². The molecule has 3 nitrogen and oxygen atoms in total. The number of aromatic nitrogens is 1. The summed E-state index contributed by atoms with van der Waals surface area (Å²) in [6.45, 7) is 7.44. The number of anilines is 1. The molecule has 0 radical (unpaired) electrons. The Labute approximate surface area is 134 Å². The van der Waals surface area contributed by atoms with Crippen molar-refractivity contribution >= 4 is 17.4 Å². The first-order chi connectivity index (χ1) is 9.97. The molecule has 2 unspecified atom stereocenters. The summed E-state index contributed by atoms with van der Waals surface area (Å²) in [5.41, 5.74) is 1.13. The Bertz CT molecular complexity index is 461. The van der Waals surface area contributed by atoms with Gasteiger partial charge in [0.05, 0.1) is 5.02 Å². The van der Waals surface area contributed by atoms with Gasteiger partial charge in [0, 0.05) is 31.9 Å². The molecule has 21 heavy (non-hydrogen) atoms. The zero-order valence-electron chi connectivity index (χ0n) is 13.7. The van der Waals surface area contributed by atoms with Gasteiger partial charge in [0.1, 0.15) is 5.82 Å². The Morgan fingerprint density at radius 1 is 1.43 bits per heavy atom. The zero-order valence-corrected chi connectivity index (χ0v) is 14.5. The molecule has 1 N–H and O–H groups in total. The topological polar surface area (TPSA) is 28.2 Å². The van der Waals surface area contributed by atoms with Gasteiger partial charge in [-0.1, -0.05) is 45.2 Å². The fourth-order valence-electron chi connectivity index (χ4n) is 3.05. The van der Waals surface area contributed by atoms with Gasteiger partial charge < -0.3 is 10.2 Å². The van der Waals surface area contributed by atoms with Crippen molar-refractivity contribution in [2.75, 3.05) is 11.9 Å². The quantitative estimate of drug-likeness (QED) is 0.881. The van der Waals surface area contributed by atoms with Crippen LogP contribution in [0.15, 0.2) is 12.3 Å². The van der Waals surface area contributed by atoms with Crippen LogP contribution in [0.2, 0.25) is 5.02 Å². The molecule has 1 heterocycles. The summed E-state index contributed by atoms with van der Waals surface area (Å²) in [6.07, 6.45) is 7.01. The molecule has 4 heteroatoms. The van der Waals surface area contributed by atoms with Crippen molar-refractivity contribution in [1.29, 1.82) is 0 Å². The maximum absolute atomic E-state index is 6.27. The fraction of sp³-hybridized carbons (Fsp3) is 0.706. The van der Waals surface area contributed by atoms with E-state index in [1.54, 1.807) is 6.20 Å². The number of nitrogens with zero attached hydrogens (tertiary/aromatic N) is 2. The van der Waals surface area contributed by atoms with E-state index in [1.807, 2.05) is 0 Å². The van der Waals surface area contributed by atoms with Gasteiger partial charge in [-0.3, -0.25) is 0 Å². The molecule has 1 saturated carbocycles. The SMILES string of the molecule is CC1CCCC(N(C)c2cc(CNC(C)C)c(Cl)cn2)C1. The number of hydrogen-bond donors (Lipinski definition) is 1. The minimum atomic E-state index is 0.453. The van der Waals surface area contributed by atoms with Crippen molar-refractivity contribution in [3.05, 3.63) is 22.8 Å². The van der Waals surface area contributed by atoms with Crippen LogP contribution in [0.4, 0.5) is 5.82 Å². The maximum Gasteiger partial charge on any atom is 0.128 e. The number of halogens is 1. The third-order valence-electron chi connectivity index (χ3n) is 4.44. The summed E-state index contributed by atoms with van der Waals surface area (Å²) in [5.74, 6) is 1.86. The number of rotatable bonds is 5. The lowest BCUT2D eigenvalue weighted by Crippen LogP contribution is -2.36. The summed E-state index contributed by atoms with van der Waals surface area (Å²) < 4.78 is 0. The normalized spacial score (nSPS) is 22.6. The smallest absolute Gasteiger partial charge is 0.128 e. The van der Waals surface area contributed by atoms with Crippen LogP contribution in [0, 0.1) is 5.92 Å². The van der Waals surface area contributed by atoms with E-state index in [-0.39, 0.29) is 0 Å². The van der Waals surface area contributed by atoms with Gasteiger partial charge in [-0.05, 0) is 30.4 Å². The van der Waals surface area contributed by atoms with Crippen LogP contribution in [0.1, 0.15) is 52.0 Å². The summed E-state index contributed by atoms with van der Waals surface area (Å²) in [7, 11) is 2.17. The van der Waals surface area contributed by atoms with Crippen LogP contribution in [0.5, 0.6) is 0 Å². The molecule has 1 aliphatic rings. The van der Waals surface area contributed by atoms with Crippen molar-refractivity contribution in [3.8, 4) is 0 Å². The molecule has 0 aliphatic heterocycles. The minimum absolute atomic E-state index is 0.453. The average molecular weight is 310 g/mol. The molecule has 1 aromatic heterocycles. The van der Waals surface area contributed by atoms with Crippen molar-refractivity contribution < 1.29 is 0 Å². The largest absolute Gasteiger partial charge is 0.357 e. The van der Waals surface area contributed by atoms with Gasteiger partial charge in [-0.25, -0.2) is 4.98 Å². The van der Waals surface area contributed by atoms with Crippen molar-refractivity contribution in [2.24, 2.45) is 5.92 Å². The van der Waals surface area contributed by atoms with E-state index in [9.17, 15) is 0 Å². The lowest BCUT2D eigenvalue weighted by atomic mass is 9.86. The van der Waals surface area contributed by atoms with E-state index >= 15 is 0 Å². The molecule has 0 amide bonds. The second-order valence-electron chi connectivity index (χ2n) is 6.71. The Balaban J connectivity index is 2.09. The summed E-state index contributed by atoms with van der Waals surface area (Å²) in [5, 5.41) is 4.17. The average Bonchev–Trinajstić information content (AvgIpc) is 2.45. The lowest BCUT2D eigenvalue weighted by Gasteiger charge is -2.35. The predicted molar refractivity (Wildman–Crippen MR) is 91.0 cm³/mol. The van der Waals surface area contributed by atoms with Gasteiger partial charge in [0.15, 0.2) is 0 Å². The third-order valence-corrected chi connectivity index (χ3v) is 4.78. The number of hydrogen-bond acceptors (Lipinski definition) is 3. The van der Waals surface area contributed by atoms with E-state index in [4.69, 9.17) is 11.6 Å². The second-order valence-corrected chi connectivity index (χ2v) is 7.11. The number of pyridine rings is 1. The first-order valence-electron chi connectivity index (χ1n) is 8.08. The van der Waals surface area contributed by atoms with E-state index in [0.29, 0.717) is 12.1 Å². The van der Waals surface area contributed by atoms with Gasteiger partial charge >= 0.3 is 0 Å². The fourth-order valence-corrected chi connectivity index (χ4v) is 3.22. The van der Waals surface area contributed by atoms with Crippen molar-refractivity contribution in [2.45, 2.75) is 65.1 Å². The molecule has 0 aromatic carbocycles. The van der Waals surface area contributed by atoms with Crippen LogP contribution in [-0.4, -0.2) is 24.1 Å². The van der Waals surface area contributed by atoms with E-state index < -0.39 is 0 Å². The summed E-state index contributed by atoms with van der Waals surface area (Å²) in [6, 6.07) is 3.19. The van der Waals surface area contributed by atoms with Gasteiger partial charge in [-0.2, -0.15) is 0 Å². The highest BCUT2D eigenvalue weighted by Crippen LogP contribution is 2.30. The van der Waals surface area contributed by atoms with E-state index in [1.165, 1.54) is 25.7 Å². The summed E-state index contributed by atoms with van der Waals surface area (Å²) in [4.78, 5) is 6.87. The van der Waals surface area contributed by atoms with Gasteiger partial charge in [0.25, 0.3) is 0 Å². The van der Waals surface area contributed by atoms with Crippen LogP contribution < -0.4 is 10.2 Å². The molecule has 0 bridgehead atoms. The Morgan fingerprint density at radius 3 is 2.86 bits per heavy atom. The molecule has 2 atom stereocenters. The molecule has 118 valence electrons. The van der Waals surface area contributed by atoms with E-state index in [0.717, 1.165) is 28.9 Å².